The minimum atomic E-state index is -0.170. The van der Waals surface area contributed by atoms with Gasteiger partial charge in [0.1, 0.15) is 5.82 Å². The molecule has 2 heteroatoms. The molecule has 1 aromatic carbocycles. The van der Waals surface area contributed by atoms with Gasteiger partial charge in [-0.1, -0.05) is 39.7 Å². The summed E-state index contributed by atoms with van der Waals surface area (Å²) in [7, 11) is 0. The Kier molecular flexibility index (Phi) is 3.94. The van der Waals surface area contributed by atoms with Crippen LogP contribution in [0.2, 0.25) is 0 Å². The van der Waals surface area contributed by atoms with Gasteiger partial charge in [0.25, 0.3) is 0 Å². The van der Waals surface area contributed by atoms with Gasteiger partial charge in [0, 0.05) is 12.2 Å². The van der Waals surface area contributed by atoms with E-state index in [2.05, 4.69) is 26.1 Å². The molecule has 0 unspecified atom stereocenters. The molecule has 1 aromatic rings. The maximum Gasteiger partial charge on any atom is 0.125 e. The van der Waals surface area contributed by atoms with E-state index >= 15 is 0 Å². The quantitative estimate of drug-likeness (QED) is 0.818. The SMILES string of the molecule is C[C@H]1CCCC(C)(C)[C@@H]1CNc1cccc(F)c1. The van der Waals surface area contributed by atoms with Gasteiger partial charge in [-0.2, -0.15) is 0 Å². The molecule has 0 aliphatic heterocycles. The molecule has 0 spiro atoms. The highest BCUT2D eigenvalue weighted by Crippen LogP contribution is 2.43. The molecule has 0 aromatic heterocycles. The topological polar surface area (TPSA) is 12.0 Å². The van der Waals surface area contributed by atoms with E-state index in [-0.39, 0.29) is 5.82 Å². The van der Waals surface area contributed by atoms with E-state index in [0.717, 1.165) is 18.2 Å². The smallest absolute Gasteiger partial charge is 0.125 e. The van der Waals surface area contributed by atoms with Crippen LogP contribution in [-0.4, -0.2) is 6.54 Å². The summed E-state index contributed by atoms with van der Waals surface area (Å²) < 4.78 is 13.1. The van der Waals surface area contributed by atoms with Crippen LogP contribution in [-0.2, 0) is 0 Å². The molecule has 0 bridgehead atoms. The van der Waals surface area contributed by atoms with Gasteiger partial charge in [0.15, 0.2) is 0 Å². The van der Waals surface area contributed by atoms with E-state index in [9.17, 15) is 4.39 Å². The zero-order valence-electron chi connectivity index (χ0n) is 11.7. The molecule has 2 rings (SSSR count). The van der Waals surface area contributed by atoms with Crippen molar-refractivity contribution in [3.8, 4) is 0 Å². The molecule has 0 heterocycles. The van der Waals surface area contributed by atoms with Gasteiger partial charge >= 0.3 is 0 Å². The monoisotopic (exact) mass is 249 g/mol. The van der Waals surface area contributed by atoms with Crippen molar-refractivity contribution in [1.82, 2.24) is 0 Å². The molecule has 100 valence electrons. The summed E-state index contributed by atoms with van der Waals surface area (Å²) >= 11 is 0. The maximum atomic E-state index is 13.1. The highest BCUT2D eigenvalue weighted by Gasteiger charge is 2.36. The van der Waals surface area contributed by atoms with E-state index < -0.39 is 0 Å². The van der Waals surface area contributed by atoms with Gasteiger partial charge in [-0.05, 0) is 41.9 Å². The van der Waals surface area contributed by atoms with E-state index in [4.69, 9.17) is 0 Å². The van der Waals surface area contributed by atoms with Crippen LogP contribution < -0.4 is 5.32 Å². The number of hydrogen-bond acceptors (Lipinski definition) is 1. The van der Waals surface area contributed by atoms with E-state index in [1.165, 1.54) is 25.3 Å². The van der Waals surface area contributed by atoms with Gasteiger partial charge in [0.05, 0.1) is 0 Å². The summed E-state index contributed by atoms with van der Waals surface area (Å²) in [4.78, 5) is 0. The van der Waals surface area contributed by atoms with Gasteiger partial charge < -0.3 is 5.32 Å². The van der Waals surface area contributed by atoms with Gasteiger partial charge in [-0.3, -0.25) is 0 Å². The zero-order chi connectivity index (χ0) is 13.2. The number of rotatable bonds is 3. The molecule has 1 aliphatic carbocycles. The molecule has 0 radical (unpaired) electrons. The van der Waals surface area contributed by atoms with Crippen molar-refractivity contribution in [1.29, 1.82) is 0 Å². The molecule has 2 atom stereocenters. The molecule has 1 aliphatic rings. The van der Waals surface area contributed by atoms with Gasteiger partial charge in [-0.15, -0.1) is 0 Å². The average Bonchev–Trinajstić information content (AvgIpc) is 2.27. The summed E-state index contributed by atoms with van der Waals surface area (Å²) in [6, 6.07) is 6.75. The van der Waals surface area contributed by atoms with Crippen LogP contribution in [0.4, 0.5) is 10.1 Å². The summed E-state index contributed by atoms with van der Waals surface area (Å²) in [6.45, 7) is 8.01. The molecule has 1 N–H and O–H groups in total. The lowest BCUT2D eigenvalue weighted by atomic mass is 9.64. The maximum absolute atomic E-state index is 13.1. The van der Waals surface area contributed by atoms with Crippen molar-refractivity contribution in [2.24, 2.45) is 17.3 Å². The van der Waals surface area contributed by atoms with E-state index in [1.807, 2.05) is 6.07 Å². The minimum absolute atomic E-state index is 0.170. The predicted molar refractivity (Wildman–Crippen MR) is 75.2 cm³/mol. The fourth-order valence-electron chi connectivity index (χ4n) is 3.34. The van der Waals surface area contributed by atoms with Crippen molar-refractivity contribution in [3.63, 3.8) is 0 Å². The first-order valence-corrected chi connectivity index (χ1v) is 6.98. The number of benzene rings is 1. The molecule has 1 nitrogen and oxygen atoms in total. The number of hydrogen-bond donors (Lipinski definition) is 1. The van der Waals surface area contributed by atoms with Crippen LogP contribution >= 0.6 is 0 Å². The van der Waals surface area contributed by atoms with Gasteiger partial charge in [-0.25, -0.2) is 4.39 Å². The number of nitrogens with one attached hydrogen (secondary N) is 1. The second kappa shape index (κ2) is 5.29. The summed E-state index contributed by atoms with van der Waals surface area (Å²) in [5.41, 5.74) is 1.28. The third kappa shape index (κ3) is 3.04. The van der Waals surface area contributed by atoms with E-state index in [0.29, 0.717) is 11.3 Å². The minimum Gasteiger partial charge on any atom is -0.385 e. The summed E-state index contributed by atoms with van der Waals surface area (Å²) in [6.07, 6.45) is 3.95. The Labute approximate surface area is 110 Å². The second-order valence-corrected chi connectivity index (χ2v) is 6.36. The normalized spacial score (nSPS) is 26.9. The van der Waals surface area contributed by atoms with Crippen molar-refractivity contribution < 1.29 is 4.39 Å². The van der Waals surface area contributed by atoms with Crippen molar-refractivity contribution in [2.45, 2.75) is 40.0 Å². The van der Waals surface area contributed by atoms with Crippen LogP contribution in [0.5, 0.6) is 0 Å². The third-order valence-electron chi connectivity index (χ3n) is 4.52. The predicted octanol–water partition coefficient (Wildman–Crippen LogP) is 4.70. The van der Waals surface area contributed by atoms with Crippen molar-refractivity contribution >= 4 is 5.69 Å². The Hall–Kier alpha value is -1.05. The second-order valence-electron chi connectivity index (χ2n) is 6.36. The molecule has 0 amide bonds. The van der Waals surface area contributed by atoms with Crippen molar-refractivity contribution in [2.75, 3.05) is 11.9 Å². The molecular weight excluding hydrogens is 225 g/mol. The molecular formula is C16H24FN. The fourth-order valence-corrected chi connectivity index (χ4v) is 3.34. The first kappa shape index (κ1) is 13.4. The summed E-state index contributed by atoms with van der Waals surface area (Å²) in [5.74, 6) is 1.24. The van der Waals surface area contributed by atoms with Crippen LogP contribution in [0.15, 0.2) is 24.3 Å². The largest absolute Gasteiger partial charge is 0.385 e. The van der Waals surface area contributed by atoms with E-state index in [1.54, 1.807) is 12.1 Å². The first-order valence-electron chi connectivity index (χ1n) is 6.98. The summed E-state index contributed by atoms with van der Waals surface area (Å²) in [5, 5.41) is 3.40. The fraction of sp³-hybridized carbons (Fsp3) is 0.625. The molecule has 18 heavy (non-hydrogen) atoms. The van der Waals surface area contributed by atoms with Crippen LogP contribution in [0.1, 0.15) is 40.0 Å². The van der Waals surface area contributed by atoms with Crippen molar-refractivity contribution in [3.05, 3.63) is 30.1 Å². The number of halogens is 1. The first-order chi connectivity index (χ1) is 8.49. The van der Waals surface area contributed by atoms with Crippen LogP contribution in [0.25, 0.3) is 0 Å². The molecule has 0 saturated heterocycles. The Balaban J connectivity index is 2.00. The van der Waals surface area contributed by atoms with Crippen LogP contribution in [0.3, 0.4) is 0 Å². The van der Waals surface area contributed by atoms with Gasteiger partial charge in [0.2, 0.25) is 0 Å². The Morgan fingerprint density at radius 1 is 1.39 bits per heavy atom. The standard InChI is InChI=1S/C16H24FN/c1-12-6-5-9-16(2,3)15(12)11-18-14-8-4-7-13(17)10-14/h4,7-8,10,12,15,18H,5-6,9,11H2,1-3H3/t12-,15+/m0/s1. The average molecular weight is 249 g/mol. The molecule has 1 saturated carbocycles. The zero-order valence-corrected chi connectivity index (χ0v) is 11.7. The lowest BCUT2D eigenvalue weighted by molar-refractivity contribution is 0.0944. The highest BCUT2D eigenvalue weighted by molar-refractivity contribution is 5.43. The Bertz CT molecular complexity index is 400. The number of anilines is 1. The lowest BCUT2D eigenvalue weighted by Crippen LogP contribution is -2.38. The lowest BCUT2D eigenvalue weighted by Gasteiger charge is -2.43. The third-order valence-corrected chi connectivity index (χ3v) is 4.52. The Morgan fingerprint density at radius 2 is 2.17 bits per heavy atom. The molecule has 1 fully saturated rings. The van der Waals surface area contributed by atoms with Crippen LogP contribution in [0, 0.1) is 23.1 Å². The highest BCUT2D eigenvalue weighted by atomic mass is 19.1. The Morgan fingerprint density at radius 3 is 2.83 bits per heavy atom.